The molecule has 0 saturated carbocycles. The number of ether oxygens (including phenoxy) is 1. The van der Waals surface area contributed by atoms with Crippen LogP contribution in [0.5, 0.6) is 0 Å². The van der Waals surface area contributed by atoms with Gasteiger partial charge >= 0.3 is 0 Å². The summed E-state index contributed by atoms with van der Waals surface area (Å²) in [6.45, 7) is 2.53. The summed E-state index contributed by atoms with van der Waals surface area (Å²) in [7, 11) is 0. The Morgan fingerprint density at radius 2 is 2.18 bits per heavy atom. The lowest BCUT2D eigenvalue weighted by molar-refractivity contribution is 0.110. The average molecular weight is 258 g/mol. The molecule has 1 heterocycles. The molecule has 2 rings (SSSR count). The van der Waals surface area contributed by atoms with Crippen LogP contribution in [0.15, 0.2) is 18.2 Å². The van der Waals surface area contributed by atoms with E-state index in [4.69, 9.17) is 16.2 Å². The molecule has 1 fully saturated rings. The van der Waals surface area contributed by atoms with Crippen LogP contribution in [-0.2, 0) is 11.3 Å². The quantitative estimate of drug-likeness (QED) is 0.716. The number of nitrogens with one attached hydrogen (secondary N) is 1. The third-order valence-electron chi connectivity index (χ3n) is 2.88. The predicted molar refractivity (Wildman–Crippen MR) is 73.2 cm³/mol. The fourth-order valence-corrected chi connectivity index (χ4v) is 1.95. The van der Waals surface area contributed by atoms with E-state index in [-0.39, 0.29) is 12.4 Å². The largest absolute Gasteiger partial charge is 0.399 e. The van der Waals surface area contributed by atoms with Gasteiger partial charge in [-0.1, -0.05) is 0 Å². The molecule has 1 saturated heterocycles. The van der Waals surface area contributed by atoms with Crippen molar-refractivity contribution >= 4 is 23.8 Å². The molecule has 0 amide bonds. The van der Waals surface area contributed by atoms with Crippen molar-refractivity contribution in [2.24, 2.45) is 0 Å². The van der Waals surface area contributed by atoms with Gasteiger partial charge in [-0.3, -0.25) is 0 Å². The van der Waals surface area contributed by atoms with E-state index in [1.165, 1.54) is 6.42 Å². The summed E-state index contributed by atoms with van der Waals surface area (Å²) >= 11 is 0. The number of nitrogen functional groups attached to an aromatic ring is 2. The minimum atomic E-state index is 0. The number of anilines is 2. The first-order chi connectivity index (χ1) is 7.75. The molecule has 4 nitrogen and oxygen atoms in total. The Bertz CT molecular complexity index is 354. The van der Waals surface area contributed by atoms with Crippen molar-refractivity contribution in [3.8, 4) is 0 Å². The van der Waals surface area contributed by atoms with E-state index in [9.17, 15) is 0 Å². The Kier molecular flexibility index (Phi) is 5.55. The maximum absolute atomic E-state index is 5.86. The van der Waals surface area contributed by atoms with E-state index in [1.54, 1.807) is 0 Å². The minimum Gasteiger partial charge on any atom is -0.399 e. The highest BCUT2D eigenvalue weighted by atomic mass is 35.5. The van der Waals surface area contributed by atoms with Crippen LogP contribution in [0.2, 0.25) is 0 Å². The molecule has 0 bridgehead atoms. The van der Waals surface area contributed by atoms with Crippen LogP contribution >= 0.6 is 12.4 Å². The van der Waals surface area contributed by atoms with E-state index < -0.39 is 0 Å². The molecule has 5 heteroatoms. The first-order valence-corrected chi connectivity index (χ1v) is 5.72. The SMILES string of the molecule is Cl.Nc1ccc(N)c(CNCC2CCCO2)c1. The number of rotatable bonds is 4. The van der Waals surface area contributed by atoms with Crippen molar-refractivity contribution in [2.75, 3.05) is 24.6 Å². The molecule has 1 unspecified atom stereocenters. The zero-order valence-corrected chi connectivity index (χ0v) is 10.6. The van der Waals surface area contributed by atoms with E-state index in [2.05, 4.69) is 5.32 Å². The zero-order chi connectivity index (χ0) is 11.4. The summed E-state index contributed by atoms with van der Waals surface area (Å²) in [6, 6.07) is 5.58. The topological polar surface area (TPSA) is 73.3 Å². The van der Waals surface area contributed by atoms with Gasteiger partial charge in [-0.15, -0.1) is 12.4 Å². The molecular formula is C12H20ClN3O. The van der Waals surface area contributed by atoms with Gasteiger partial charge in [-0.05, 0) is 36.6 Å². The maximum atomic E-state index is 5.86. The molecule has 0 spiro atoms. The number of hydrogen-bond acceptors (Lipinski definition) is 4. The van der Waals surface area contributed by atoms with Crippen LogP contribution in [0.25, 0.3) is 0 Å². The molecule has 0 aliphatic carbocycles. The van der Waals surface area contributed by atoms with Crippen molar-refractivity contribution in [3.63, 3.8) is 0 Å². The summed E-state index contributed by atoms with van der Waals surface area (Å²) < 4.78 is 5.53. The molecule has 5 N–H and O–H groups in total. The van der Waals surface area contributed by atoms with Crippen molar-refractivity contribution in [1.29, 1.82) is 0 Å². The Morgan fingerprint density at radius 3 is 2.88 bits per heavy atom. The number of halogens is 1. The Hall–Kier alpha value is -0.970. The molecule has 0 aromatic heterocycles. The van der Waals surface area contributed by atoms with Crippen LogP contribution in [0.1, 0.15) is 18.4 Å². The second-order valence-electron chi connectivity index (χ2n) is 4.22. The summed E-state index contributed by atoms with van der Waals surface area (Å²) in [5.41, 5.74) is 14.2. The fourth-order valence-electron chi connectivity index (χ4n) is 1.95. The van der Waals surface area contributed by atoms with E-state index in [1.807, 2.05) is 18.2 Å². The Morgan fingerprint density at radius 1 is 1.35 bits per heavy atom. The summed E-state index contributed by atoms with van der Waals surface area (Å²) in [4.78, 5) is 0. The van der Waals surface area contributed by atoms with Crippen LogP contribution < -0.4 is 16.8 Å². The van der Waals surface area contributed by atoms with Crippen molar-refractivity contribution in [3.05, 3.63) is 23.8 Å². The van der Waals surface area contributed by atoms with Crippen LogP contribution in [0.4, 0.5) is 11.4 Å². The van der Waals surface area contributed by atoms with Gasteiger partial charge in [0.15, 0.2) is 0 Å². The highest BCUT2D eigenvalue weighted by molar-refractivity contribution is 5.85. The third-order valence-corrected chi connectivity index (χ3v) is 2.88. The third kappa shape index (κ3) is 4.07. The van der Waals surface area contributed by atoms with E-state index in [0.717, 1.165) is 43.1 Å². The molecule has 0 radical (unpaired) electrons. The van der Waals surface area contributed by atoms with Crippen molar-refractivity contribution in [2.45, 2.75) is 25.5 Å². The fraction of sp³-hybridized carbons (Fsp3) is 0.500. The van der Waals surface area contributed by atoms with Gasteiger partial charge in [0, 0.05) is 31.1 Å². The van der Waals surface area contributed by atoms with Crippen molar-refractivity contribution in [1.82, 2.24) is 5.32 Å². The standard InChI is InChI=1S/C12H19N3O.ClH/c13-10-3-4-12(14)9(6-10)7-15-8-11-2-1-5-16-11;/h3-4,6,11,15H,1-2,5,7-8,13-14H2;1H. The maximum Gasteiger partial charge on any atom is 0.0700 e. The molecule has 1 aliphatic rings. The van der Waals surface area contributed by atoms with Gasteiger partial charge in [-0.25, -0.2) is 0 Å². The first kappa shape index (κ1) is 14.1. The first-order valence-electron chi connectivity index (χ1n) is 5.72. The lowest BCUT2D eigenvalue weighted by Gasteiger charge is -2.12. The van der Waals surface area contributed by atoms with Crippen LogP contribution in [-0.4, -0.2) is 19.3 Å². The van der Waals surface area contributed by atoms with Gasteiger partial charge in [-0.2, -0.15) is 0 Å². The van der Waals surface area contributed by atoms with E-state index in [0.29, 0.717) is 6.10 Å². The highest BCUT2D eigenvalue weighted by Gasteiger charge is 2.14. The molecule has 1 aromatic rings. The smallest absolute Gasteiger partial charge is 0.0700 e. The Labute approximate surface area is 108 Å². The molecular weight excluding hydrogens is 238 g/mol. The Balaban J connectivity index is 0.00000144. The second-order valence-corrected chi connectivity index (χ2v) is 4.22. The highest BCUT2D eigenvalue weighted by Crippen LogP contribution is 2.16. The van der Waals surface area contributed by atoms with Gasteiger partial charge in [0.1, 0.15) is 0 Å². The minimum absolute atomic E-state index is 0. The van der Waals surface area contributed by atoms with Crippen LogP contribution in [0, 0.1) is 0 Å². The molecule has 1 atom stereocenters. The van der Waals surface area contributed by atoms with Gasteiger partial charge in [0.05, 0.1) is 6.10 Å². The average Bonchev–Trinajstić information content (AvgIpc) is 2.76. The van der Waals surface area contributed by atoms with Crippen LogP contribution in [0.3, 0.4) is 0 Å². The zero-order valence-electron chi connectivity index (χ0n) is 9.82. The van der Waals surface area contributed by atoms with Gasteiger partial charge < -0.3 is 21.5 Å². The summed E-state index contributed by atoms with van der Waals surface area (Å²) in [5, 5.41) is 3.35. The molecule has 1 aromatic carbocycles. The monoisotopic (exact) mass is 257 g/mol. The van der Waals surface area contributed by atoms with Gasteiger partial charge in [0.2, 0.25) is 0 Å². The predicted octanol–water partition coefficient (Wildman–Crippen LogP) is 1.54. The lowest BCUT2D eigenvalue weighted by Crippen LogP contribution is -2.26. The lowest BCUT2D eigenvalue weighted by atomic mass is 10.1. The molecule has 1 aliphatic heterocycles. The summed E-state index contributed by atoms with van der Waals surface area (Å²) in [5.74, 6) is 0. The normalized spacial score (nSPS) is 18.9. The molecule has 17 heavy (non-hydrogen) atoms. The summed E-state index contributed by atoms with van der Waals surface area (Å²) in [6.07, 6.45) is 2.69. The number of nitrogens with two attached hydrogens (primary N) is 2. The number of hydrogen-bond donors (Lipinski definition) is 3. The number of benzene rings is 1. The van der Waals surface area contributed by atoms with Crippen molar-refractivity contribution < 1.29 is 4.74 Å². The van der Waals surface area contributed by atoms with E-state index >= 15 is 0 Å². The molecule has 96 valence electrons. The van der Waals surface area contributed by atoms with Gasteiger partial charge in [0.25, 0.3) is 0 Å². The second kappa shape index (κ2) is 6.69.